The SMILES string of the molecule is Cc1ccc(C(=O)N2CCN(CCc3ccccn3)CC2)c(-n2cnnn2)c1C. The highest BCUT2D eigenvalue weighted by Gasteiger charge is 2.25. The van der Waals surface area contributed by atoms with Crippen LogP contribution in [-0.4, -0.2) is 73.6 Å². The molecule has 4 rings (SSSR count). The Morgan fingerprint density at radius 3 is 2.59 bits per heavy atom. The van der Waals surface area contributed by atoms with Gasteiger partial charge in [-0.3, -0.25) is 14.7 Å². The Bertz CT molecular complexity index is 964. The van der Waals surface area contributed by atoms with Gasteiger partial charge in [0, 0.05) is 51.0 Å². The molecule has 0 radical (unpaired) electrons. The van der Waals surface area contributed by atoms with E-state index in [9.17, 15) is 4.79 Å². The lowest BCUT2D eigenvalue weighted by atomic mass is 10.0. The van der Waals surface area contributed by atoms with Crippen LogP contribution in [0.25, 0.3) is 5.69 Å². The van der Waals surface area contributed by atoms with Crippen molar-refractivity contribution in [3.63, 3.8) is 0 Å². The van der Waals surface area contributed by atoms with Crippen molar-refractivity contribution in [3.05, 3.63) is 65.2 Å². The first-order chi connectivity index (χ1) is 14.1. The molecule has 3 aromatic rings. The topological polar surface area (TPSA) is 80.0 Å². The third kappa shape index (κ3) is 4.17. The molecule has 8 nitrogen and oxygen atoms in total. The second-order valence-electron chi connectivity index (χ2n) is 7.36. The number of nitrogens with zero attached hydrogens (tertiary/aromatic N) is 7. The van der Waals surface area contributed by atoms with Crippen molar-refractivity contribution in [3.8, 4) is 5.69 Å². The van der Waals surface area contributed by atoms with Crippen LogP contribution in [0.2, 0.25) is 0 Å². The fraction of sp³-hybridized carbons (Fsp3) is 0.381. The largest absolute Gasteiger partial charge is 0.336 e. The van der Waals surface area contributed by atoms with Gasteiger partial charge in [-0.1, -0.05) is 12.1 Å². The van der Waals surface area contributed by atoms with Gasteiger partial charge in [0.15, 0.2) is 0 Å². The Balaban J connectivity index is 1.43. The first-order valence-electron chi connectivity index (χ1n) is 9.88. The number of pyridine rings is 1. The molecule has 0 N–H and O–H groups in total. The van der Waals surface area contributed by atoms with E-state index in [2.05, 4.69) is 31.5 Å². The Morgan fingerprint density at radius 2 is 1.90 bits per heavy atom. The molecule has 0 spiro atoms. The number of amides is 1. The summed E-state index contributed by atoms with van der Waals surface area (Å²) in [7, 11) is 0. The van der Waals surface area contributed by atoms with Gasteiger partial charge in [-0.2, -0.15) is 4.68 Å². The van der Waals surface area contributed by atoms with Crippen LogP contribution in [0, 0.1) is 13.8 Å². The lowest BCUT2D eigenvalue weighted by Crippen LogP contribution is -2.49. The van der Waals surface area contributed by atoms with Gasteiger partial charge in [0.2, 0.25) is 0 Å². The maximum atomic E-state index is 13.3. The summed E-state index contributed by atoms with van der Waals surface area (Å²) in [5.74, 6) is 0.0305. The van der Waals surface area contributed by atoms with E-state index in [1.165, 1.54) is 6.33 Å². The number of benzene rings is 1. The first kappa shape index (κ1) is 19.2. The molecule has 29 heavy (non-hydrogen) atoms. The van der Waals surface area contributed by atoms with Gasteiger partial charge in [-0.25, -0.2) is 0 Å². The molecular formula is C21H25N7O. The minimum Gasteiger partial charge on any atom is -0.336 e. The monoisotopic (exact) mass is 391 g/mol. The van der Waals surface area contributed by atoms with Crippen LogP contribution < -0.4 is 0 Å². The number of carbonyl (C=O) groups is 1. The van der Waals surface area contributed by atoms with Crippen molar-refractivity contribution in [1.82, 2.24) is 35.0 Å². The lowest BCUT2D eigenvalue weighted by molar-refractivity contribution is 0.0638. The number of hydrogen-bond donors (Lipinski definition) is 0. The maximum absolute atomic E-state index is 13.3. The molecule has 0 unspecified atom stereocenters. The standard InChI is InChI=1S/C21H25N7O/c1-16-6-7-19(20(17(16)2)28-15-23-24-25-28)21(29)27-13-11-26(12-14-27)10-8-18-5-3-4-9-22-18/h3-7,9,15H,8,10-14H2,1-2H3. The molecule has 3 heterocycles. The predicted molar refractivity (Wildman–Crippen MR) is 109 cm³/mol. The highest BCUT2D eigenvalue weighted by atomic mass is 16.2. The Morgan fingerprint density at radius 1 is 1.07 bits per heavy atom. The minimum atomic E-state index is 0.0305. The number of aryl methyl sites for hydroxylation is 1. The van der Waals surface area contributed by atoms with Crippen LogP contribution in [0.1, 0.15) is 27.2 Å². The van der Waals surface area contributed by atoms with Gasteiger partial charge in [0.1, 0.15) is 6.33 Å². The number of carbonyl (C=O) groups excluding carboxylic acids is 1. The lowest BCUT2D eigenvalue weighted by Gasteiger charge is -2.35. The van der Waals surface area contributed by atoms with E-state index in [1.54, 1.807) is 4.68 Å². The number of aromatic nitrogens is 5. The zero-order valence-electron chi connectivity index (χ0n) is 16.8. The minimum absolute atomic E-state index is 0.0305. The van der Waals surface area contributed by atoms with Crippen molar-refractivity contribution in [2.75, 3.05) is 32.7 Å². The van der Waals surface area contributed by atoms with E-state index in [0.29, 0.717) is 18.7 Å². The second-order valence-corrected chi connectivity index (χ2v) is 7.36. The summed E-state index contributed by atoms with van der Waals surface area (Å²) in [6.07, 6.45) is 4.29. The molecule has 1 amide bonds. The molecule has 1 saturated heterocycles. The molecule has 1 fully saturated rings. The fourth-order valence-corrected chi connectivity index (χ4v) is 3.70. The predicted octanol–water partition coefficient (Wildman–Crippen LogP) is 1.67. The van der Waals surface area contributed by atoms with E-state index in [4.69, 9.17) is 0 Å². The molecule has 1 aliphatic heterocycles. The highest BCUT2D eigenvalue weighted by Crippen LogP contribution is 2.23. The molecule has 0 saturated carbocycles. The summed E-state index contributed by atoms with van der Waals surface area (Å²) < 4.78 is 1.58. The summed E-state index contributed by atoms with van der Waals surface area (Å²) in [5.41, 5.74) is 4.62. The first-order valence-corrected chi connectivity index (χ1v) is 9.88. The zero-order chi connectivity index (χ0) is 20.2. The van der Waals surface area contributed by atoms with Gasteiger partial charge >= 0.3 is 0 Å². The average molecular weight is 391 g/mol. The van der Waals surface area contributed by atoms with Gasteiger partial charge in [-0.05, 0) is 53.6 Å². The summed E-state index contributed by atoms with van der Waals surface area (Å²) in [6, 6.07) is 9.88. The zero-order valence-corrected chi connectivity index (χ0v) is 16.8. The molecule has 150 valence electrons. The van der Waals surface area contributed by atoms with E-state index in [-0.39, 0.29) is 5.91 Å². The van der Waals surface area contributed by atoms with Crippen LogP contribution in [0.5, 0.6) is 0 Å². The third-order valence-corrected chi connectivity index (χ3v) is 5.58. The van der Waals surface area contributed by atoms with Crippen molar-refractivity contribution in [2.45, 2.75) is 20.3 Å². The average Bonchev–Trinajstić information content (AvgIpc) is 3.29. The molecule has 8 heteroatoms. The normalized spacial score (nSPS) is 14.9. The van der Waals surface area contributed by atoms with Crippen LogP contribution in [0.15, 0.2) is 42.9 Å². The van der Waals surface area contributed by atoms with Crippen molar-refractivity contribution < 1.29 is 4.79 Å². The number of tetrazole rings is 1. The smallest absolute Gasteiger partial charge is 0.256 e. The van der Waals surface area contributed by atoms with Crippen LogP contribution in [-0.2, 0) is 6.42 Å². The van der Waals surface area contributed by atoms with E-state index < -0.39 is 0 Å². The highest BCUT2D eigenvalue weighted by molar-refractivity contribution is 5.98. The van der Waals surface area contributed by atoms with Crippen LogP contribution in [0.4, 0.5) is 0 Å². The fourth-order valence-electron chi connectivity index (χ4n) is 3.70. The maximum Gasteiger partial charge on any atom is 0.256 e. The second kappa shape index (κ2) is 8.48. The van der Waals surface area contributed by atoms with Crippen molar-refractivity contribution in [1.29, 1.82) is 0 Å². The van der Waals surface area contributed by atoms with Crippen LogP contribution in [0.3, 0.4) is 0 Å². The van der Waals surface area contributed by atoms with Gasteiger partial charge in [0.05, 0.1) is 11.3 Å². The van der Waals surface area contributed by atoms with Crippen molar-refractivity contribution >= 4 is 5.91 Å². The Labute approximate surface area is 170 Å². The summed E-state index contributed by atoms with van der Waals surface area (Å²) in [6.45, 7) is 8.13. The molecule has 1 aliphatic rings. The molecule has 2 aromatic heterocycles. The molecule has 0 aliphatic carbocycles. The quantitative estimate of drug-likeness (QED) is 0.658. The molecular weight excluding hydrogens is 366 g/mol. The molecule has 0 atom stereocenters. The summed E-state index contributed by atoms with van der Waals surface area (Å²) in [5, 5.41) is 11.5. The molecule has 1 aromatic carbocycles. The Kier molecular flexibility index (Phi) is 5.62. The third-order valence-electron chi connectivity index (χ3n) is 5.58. The summed E-state index contributed by atoms with van der Waals surface area (Å²) in [4.78, 5) is 22.0. The summed E-state index contributed by atoms with van der Waals surface area (Å²) >= 11 is 0. The van der Waals surface area contributed by atoms with E-state index in [0.717, 1.165) is 48.6 Å². The molecule has 0 bridgehead atoms. The van der Waals surface area contributed by atoms with Crippen molar-refractivity contribution in [2.24, 2.45) is 0 Å². The Hall–Kier alpha value is -3.13. The number of rotatable bonds is 5. The van der Waals surface area contributed by atoms with E-state index in [1.807, 2.05) is 49.2 Å². The van der Waals surface area contributed by atoms with E-state index >= 15 is 0 Å². The van der Waals surface area contributed by atoms with Gasteiger partial charge < -0.3 is 4.90 Å². The van der Waals surface area contributed by atoms with Crippen LogP contribution >= 0.6 is 0 Å². The number of hydrogen-bond acceptors (Lipinski definition) is 6. The van der Waals surface area contributed by atoms with Gasteiger partial charge in [0.25, 0.3) is 5.91 Å². The van der Waals surface area contributed by atoms with Gasteiger partial charge in [-0.15, -0.1) is 5.10 Å². The number of piperazine rings is 1.